The standard InChI is InChI=1S/C38H51N3O6Si/c1-25(2)12-10-13-26(3)19-21-41-32-18-17-29(39-36(44)28-14-8-7-9-15-28)22-31(32)38(37(41)45)27(4)35(48(5,6)46)33(47-38)23-34(43)40-20-11-16-30(40)24-42/h7-9,12,14-15,17-19,22,27,30,33,35,42,46H,10-11,13,16,20-21,23-24H2,1-6H3,(H,39,44)/b26-19+/t27-,30-,33+,35-,38+/m0/s1. The van der Waals surface area contributed by atoms with E-state index in [0.717, 1.165) is 25.7 Å². The lowest BCUT2D eigenvalue weighted by Gasteiger charge is -2.32. The van der Waals surface area contributed by atoms with Crippen molar-refractivity contribution in [1.29, 1.82) is 0 Å². The molecule has 0 bridgehead atoms. The molecule has 5 atom stereocenters. The summed E-state index contributed by atoms with van der Waals surface area (Å²) in [5.74, 6) is -1.08. The SMILES string of the molecule is CC(C)=CCC/C(C)=C/CN1C(=O)[C@]2(O[C@H](CC(=O)N3CCC[C@H]3CO)[C@@H]([Si](C)(C)O)[C@@H]2C)c2cc(NC(=O)c3ccccc3)ccc21. The van der Waals surface area contributed by atoms with Gasteiger partial charge in [0.15, 0.2) is 13.9 Å². The molecule has 0 radical (unpaired) electrons. The summed E-state index contributed by atoms with van der Waals surface area (Å²) in [7, 11) is -3.00. The summed E-state index contributed by atoms with van der Waals surface area (Å²) in [6, 6.07) is 14.2. The van der Waals surface area contributed by atoms with Crippen LogP contribution in [-0.4, -0.2) is 72.7 Å². The van der Waals surface area contributed by atoms with Crippen LogP contribution in [0.3, 0.4) is 0 Å². The van der Waals surface area contributed by atoms with Gasteiger partial charge in [0.05, 0.1) is 30.9 Å². The zero-order chi connectivity index (χ0) is 34.8. The maximum atomic E-state index is 14.8. The highest BCUT2D eigenvalue weighted by Gasteiger charge is 2.66. The highest BCUT2D eigenvalue weighted by atomic mass is 28.4. The first-order valence-corrected chi connectivity index (χ1v) is 20.2. The summed E-state index contributed by atoms with van der Waals surface area (Å²) in [6.07, 6.45) is 6.98. The van der Waals surface area contributed by atoms with Crippen molar-refractivity contribution in [3.05, 3.63) is 83.0 Å². The lowest BCUT2D eigenvalue weighted by atomic mass is 9.82. The quantitative estimate of drug-likeness (QED) is 0.195. The van der Waals surface area contributed by atoms with Crippen LogP contribution in [0.4, 0.5) is 11.4 Å². The summed E-state index contributed by atoms with van der Waals surface area (Å²) in [4.78, 5) is 56.8. The lowest BCUT2D eigenvalue weighted by Crippen LogP contribution is -2.46. The third-order valence-corrected chi connectivity index (χ3v) is 12.8. The van der Waals surface area contributed by atoms with Crippen LogP contribution in [0.15, 0.2) is 71.8 Å². The maximum Gasteiger partial charge on any atom is 0.264 e. The van der Waals surface area contributed by atoms with Gasteiger partial charge in [-0.05, 0) is 89.9 Å². The smallest absolute Gasteiger partial charge is 0.264 e. The number of rotatable bonds is 11. The first-order chi connectivity index (χ1) is 22.8. The minimum absolute atomic E-state index is 0.0146. The molecule has 2 saturated heterocycles. The van der Waals surface area contributed by atoms with Gasteiger partial charge in [-0.2, -0.15) is 0 Å². The van der Waals surface area contributed by atoms with Gasteiger partial charge in [0.25, 0.3) is 11.8 Å². The number of aliphatic hydroxyl groups excluding tert-OH is 1. The molecule has 0 aliphatic carbocycles. The first kappa shape index (κ1) is 35.7. The molecule has 3 heterocycles. The van der Waals surface area contributed by atoms with E-state index in [1.807, 2.05) is 38.2 Å². The summed E-state index contributed by atoms with van der Waals surface area (Å²) >= 11 is 0. The van der Waals surface area contributed by atoms with E-state index in [2.05, 4.69) is 38.2 Å². The maximum absolute atomic E-state index is 14.8. The number of carbonyl (C=O) groups is 3. The van der Waals surface area contributed by atoms with Crippen LogP contribution in [0, 0.1) is 5.92 Å². The molecule has 3 amide bonds. The van der Waals surface area contributed by atoms with E-state index in [1.54, 1.807) is 40.1 Å². The fourth-order valence-corrected chi connectivity index (χ4v) is 10.5. The van der Waals surface area contributed by atoms with Gasteiger partial charge in [-0.3, -0.25) is 14.4 Å². The monoisotopic (exact) mass is 673 g/mol. The van der Waals surface area contributed by atoms with Crippen LogP contribution in [0.1, 0.15) is 75.7 Å². The summed E-state index contributed by atoms with van der Waals surface area (Å²) in [5, 5.41) is 12.9. The first-order valence-electron chi connectivity index (χ1n) is 17.2. The minimum Gasteiger partial charge on any atom is -0.432 e. The van der Waals surface area contributed by atoms with Gasteiger partial charge in [0, 0.05) is 41.4 Å². The summed E-state index contributed by atoms with van der Waals surface area (Å²) < 4.78 is 6.90. The molecular weight excluding hydrogens is 623 g/mol. The van der Waals surface area contributed by atoms with Crippen LogP contribution in [0.2, 0.25) is 18.6 Å². The number of fused-ring (bicyclic) bond motifs is 2. The third-order valence-electron chi connectivity index (χ3n) is 10.3. The van der Waals surface area contributed by atoms with Gasteiger partial charge in [-0.25, -0.2) is 0 Å². The zero-order valence-electron chi connectivity index (χ0n) is 29.2. The lowest BCUT2D eigenvalue weighted by molar-refractivity contribution is -0.149. The van der Waals surface area contributed by atoms with E-state index in [1.165, 1.54) is 11.1 Å². The summed E-state index contributed by atoms with van der Waals surface area (Å²) in [5.41, 5.74) is 2.94. The second kappa shape index (κ2) is 14.5. The molecule has 2 fully saturated rings. The zero-order valence-corrected chi connectivity index (χ0v) is 30.2. The number of carbonyl (C=O) groups excluding carboxylic acids is 3. The Morgan fingerprint density at radius 2 is 1.83 bits per heavy atom. The normalized spacial score (nSPS) is 25.5. The molecule has 10 heteroatoms. The largest absolute Gasteiger partial charge is 0.432 e. The van der Waals surface area contributed by atoms with E-state index in [-0.39, 0.29) is 36.8 Å². The van der Waals surface area contributed by atoms with Crippen molar-refractivity contribution in [2.45, 2.75) is 96.2 Å². The predicted octanol–water partition coefficient (Wildman–Crippen LogP) is 6.15. The van der Waals surface area contributed by atoms with Gasteiger partial charge in [0.1, 0.15) is 0 Å². The molecule has 3 N–H and O–H groups in total. The number of nitrogens with one attached hydrogen (secondary N) is 1. The van der Waals surface area contributed by atoms with Crippen molar-refractivity contribution >= 4 is 37.4 Å². The topological polar surface area (TPSA) is 119 Å². The molecule has 0 unspecified atom stereocenters. The molecule has 1 spiro atoms. The highest BCUT2D eigenvalue weighted by molar-refractivity contribution is 6.71. The molecule has 3 aliphatic heterocycles. The predicted molar refractivity (Wildman–Crippen MR) is 191 cm³/mol. The van der Waals surface area contributed by atoms with E-state index in [0.29, 0.717) is 35.6 Å². The molecule has 48 heavy (non-hydrogen) atoms. The average Bonchev–Trinajstić information content (AvgIpc) is 3.70. The van der Waals surface area contributed by atoms with E-state index in [4.69, 9.17) is 4.74 Å². The van der Waals surface area contributed by atoms with Crippen molar-refractivity contribution in [3.63, 3.8) is 0 Å². The number of hydrogen-bond donors (Lipinski definition) is 3. The van der Waals surface area contributed by atoms with Crippen LogP contribution in [0.5, 0.6) is 0 Å². The Balaban J connectivity index is 1.53. The Bertz CT molecular complexity index is 1580. The van der Waals surface area contributed by atoms with Gasteiger partial charge in [-0.15, -0.1) is 0 Å². The van der Waals surface area contributed by atoms with Crippen LogP contribution >= 0.6 is 0 Å². The van der Waals surface area contributed by atoms with E-state index in [9.17, 15) is 24.3 Å². The molecule has 0 aromatic heterocycles. The van der Waals surface area contributed by atoms with E-state index < -0.39 is 31.5 Å². The molecule has 5 rings (SSSR count). The van der Waals surface area contributed by atoms with Crippen molar-refractivity contribution in [3.8, 4) is 0 Å². The summed E-state index contributed by atoms with van der Waals surface area (Å²) in [6.45, 7) is 12.7. The Labute approximate surface area is 285 Å². The molecule has 3 aliphatic rings. The second-order valence-electron chi connectivity index (χ2n) is 14.5. The van der Waals surface area contributed by atoms with Gasteiger partial charge in [-0.1, -0.05) is 48.4 Å². The number of likely N-dealkylation sites (tertiary alicyclic amines) is 1. The van der Waals surface area contributed by atoms with Crippen LogP contribution in [-0.2, 0) is 19.9 Å². The number of nitrogens with zero attached hydrogens (tertiary/aromatic N) is 2. The van der Waals surface area contributed by atoms with Gasteiger partial charge >= 0.3 is 0 Å². The van der Waals surface area contributed by atoms with Crippen LogP contribution < -0.4 is 10.2 Å². The number of aliphatic hydroxyl groups is 1. The van der Waals surface area contributed by atoms with Gasteiger partial charge in [0.2, 0.25) is 5.91 Å². The van der Waals surface area contributed by atoms with Crippen molar-refractivity contribution < 1.29 is 29.0 Å². The fourth-order valence-electron chi connectivity index (χ4n) is 7.91. The molecule has 2 aromatic rings. The Morgan fingerprint density at radius 1 is 1.10 bits per heavy atom. The molecule has 9 nitrogen and oxygen atoms in total. The number of hydrogen-bond acceptors (Lipinski definition) is 6. The number of benzene rings is 2. The van der Waals surface area contributed by atoms with Crippen molar-refractivity contribution in [1.82, 2.24) is 4.90 Å². The Kier molecular flexibility index (Phi) is 10.8. The number of ether oxygens (including phenoxy) is 1. The fraction of sp³-hybridized carbons (Fsp3) is 0.500. The average molecular weight is 674 g/mol. The minimum atomic E-state index is -3.00. The Hall–Kier alpha value is -3.57. The highest BCUT2D eigenvalue weighted by Crippen LogP contribution is 2.60. The van der Waals surface area contributed by atoms with E-state index >= 15 is 0 Å². The Morgan fingerprint density at radius 3 is 2.50 bits per heavy atom. The number of amides is 3. The molecular formula is C38H51N3O6Si. The number of allylic oxidation sites excluding steroid dienone is 3. The third kappa shape index (κ3) is 7.08. The van der Waals surface area contributed by atoms with Crippen LogP contribution in [0.25, 0.3) is 0 Å². The van der Waals surface area contributed by atoms with Crippen molar-refractivity contribution in [2.75, 3.05) is 29.9 Å². The van der Waals surface area contributed by atoms with Gasteiger partial charge < -0.3 is 29.8 Å². The molecule has 0 saturated carbocycles. The van der Waals surface area contributed by atoms with Crippen molar-refractivity contribution in [2.24, 2.45) is 5.92 Å². The second-order valence-corrected chi connectivity index (χ2v) is 18.4. The molecule has 2 aromatic carbocycles. The number of anilines is 2. The molecule has 258 valence electrons.